The minimum Gasteiger partial charge on any atom is -0.454 e. The van der Waals surface area contributed by atoms with Gasteiger partial charge in [-0.05, 0) is 36.6 Å². The van der Waals surface area contributed by atoms with Crippen LogP contribution in [-0.4, -0.2) is 16.8 Å². The number of thiophene rings is 2. The first-order valence-electron chi connectivity index (χ1n) is 8.96. The molecule has 0 spiro atoms. The maximum absolute atomic E-state index is 12.8. The van der Waals surface area contributed by atoms with E-state index in [0.29, 0.717) is 11.2 Å². The summed E-state index contributed by atoms with van der Waals surface area (Å²) < 4.78 is 10.8. The van der Waals surface area contributed by atoms with Crippen molar-refractivity contribution in [2.45, 2.75) is 19.5 Å². The first-order chi connectivity index (χ1) is 13.7. The molecule has 142 valence electrons. The quantitative estimate of drug-likeness (QED) is 0.527. The molecular formula is C20H18N3O3S2+. The molecule has 0 fully saturated rings. The summed E-state index contributed by atoms with van der Waals surface area (Å²) in [7, 11) is 0. The lowest BCUT2D eigenvalue weighted by Gasteiger charge is -2.10. The van der Waals surface area contributed by atoms with Crippen LogP contribution in [0.15, 0.2) is 45.9 Å². The van der Waals surface area contributed by atoms with Gasteiger partial charge in [0.05, 0.1) is 5.39 Å². The molecule has 8 heteroatoms. The molecule has 1 aliphatic rings. The van der Waals surface area contributed by atoms with Gasteiger partial charge in [0.2, 0.25) is 6.79 Å². The highest BCUT2D eigenvalue weighted by atomic mass is 32.1. The Kier molecular flexibility index (Phi) is 4.38. The third kappa shape index (κ3) is 3.09. The standard InChI is InChI=1S/C20H17N3O3S2/c1-11(21-8-12-4-5-14-15(7-12)26-10-25-14)18-22-19(24)17-13(9-28-20(17)23-18)16-3-2-6-27-16/h2-7,9,11,21H,8,10H2,1H3,(H,22,23,24)/p+1/t11-/m0/s1. The number of nitrogens with zero attached hydrogens (tertiary/aromatic N) is 1. The molecule has 1 aliphatic heterocycles. The number of ether oxygens (including phenoxy) is 2. The Hall–Kier alpha value is -2.68. The zero-order chi connectivity index (χ0) is 19.1. The molecule has 0 unspecified atom stereocenters. The summed E-state index contributed by atoms with van der Waals surface area (Å²) in [5.74, 6) is 2.26. The second kappa shape index (κ2) is 7.05. The Bertz CT molecular complexity index is 1200. The number of benzene rings is 1. The van der Waals surface area contributed by atoms with E-state index in [-0.39, 0.29) is 18.4 Å². The van der Waals surface area contributed by atoms with E-state index in [0.717, 1.165) is 38.9 Å². The number of nitrogens with two attached hydrogens (primary N) is 1. The molecule has 0 saturated heterocycles. The normalized spacial score (nSPS) is 13.9. The van der Waals surface area contributed by atoms with Gasteiger partial charge in [0.25, 0.3) is 5.56 Å². The Morgan fingerprint density at radius 2 is 2.14 bits per heavy atom. The summed E-state index contributed by atoms with van der Waals surface area (Å²) in [6, 6.07) is 10.0. The number of aromatic nitrogens is 2. The monoisotopic (exact) mass is 412 g/mol. The van der Waals surface area contributed by atoms with Gasteiger partial charge < -0.3 is 19.8 Å². The van der Waals surface area contributed by atoms with Crippen molar-refractivity contribution in [3.63, 3.8) is 0 Å². The lowest BCUT2D eigenvalue weighted by molar-refractivity contribution is -0.709. The van der Waals surface area contributed by atoms with Crippen molar-refractivity contribution < 1.29 is 14.8 Å². The number of H-pyrrole nitrogens is 1. The van der Waals surface area contributed by atoms with Crippen LogP contribution < -0.4 is 20.3 Å². The van der Waals surface area contributed by atoms with Gasteiger partial charge >= 0.3 is 0 Å². The van der Waals surface area contributed by atoms with Gasteiger partial charge in [-0.15, -0.1) is 22.7 Å². The molecule has 28 heavy (non-hydrogen) atoms. The van der Waals surface area contributed by atoms with E-state index in [4.69, 9.17) is 14.5 Å². The van der Waals surface area contributed by atoms with Gasteiger partial charge in [0.15, 0.2) is 17.3 Å². The highest BCUT2D eigenvalue weighted by Gasteiger charge is 2.19. The highest BCUT2D eigenvalue weighted by Crippen LogP contribution is 2.34. The van der Waals surface area contributed by atoms with Crippen LogP contribution in [0.1, 0.15) is 24.4 Å². The number of rotatable bonds is 5. The highest BCUT2D eigenvalue weighted by molar-refractivity contribution is 7.18. The van der Waals surface area contributed by atoms with Crippen LogP contribution in [0.3, 0.4) is 0 Å². The second-order valence-electron chi connectivity index (χ2n) is 6.67. The molecule has 0 aliphatic carbocycles. The summed E-state index contributed by atoms with van der Waals surface area (Å²) in [4.78, 5) is 22.3. The van der Waals surface area contributed by atoms with E-state index in [1.165, 1.54) is 11.3 Å². The largest absolute Gasteiger partial charge is 0.454 e. The number of aromatic amines is 1. The van der Waals surface area contributed by atoms with Crippen LogP contribution >= 0.6 is 22.7 Å². The van der Waals surface area contributed by atoms with Crippen LogP contribution in [-0.2, 0) is 6.54 Å². The number of hydrogen-bond acceptors (Lipinski definition) is 6. The van der Waals surface area contributed by atoms with Crippen LogP contribution in [0.2, 0.25) is 0 Å². The van der Waals surface area contributed by atoms with Crippen molar-refractivity contribution in [2.24, 2.45) is 0 Å². The molecule has 0 amide bonds. The van der Waals surface area contributed by atoms with Crippen LogP contribution in [0, 0.1) is 0 Å². The van der Waals surface area contributed by atoms with Crippen molar-refractivity contribution in [3.8, 4) is 21.9 Å². The van der Waals surface area contributed by atoms with Crippen molar-refractivity contribution in [2.75, 3.05) is 6.79 Å². The van der Waals surface area contributed by atoms with E-state index >= 15 is 0 Å². The van der Waals surface area contributed by atoms with Crippen molar-refractivity contribution in [3.05, 3.63) is 62.8 Å². The Morgan fingerprint density at radius 3 is 3.00 bits per heavy atom. The van der Waals surface area contributed by atoms with Gasteiger partial charge in [0, 0.05) is 21.4 Å². The molecule has 0 bridgehead atoms. The molecular weight excluding hydrogens is 394 g/mol. The number of hydrogen-bond donors (Lipinski definition) is 2. The van der Waals surface area contributed by atoms with Crippen LogP contribution in [0.4, 0.5) is 0 Å². The molecule has 5 rings (SSSR count). The van der Waals surface area contributed by atoms with Crippen molar-refractivity contribution >= 4 is 32.9 Å². The number of nitrogens with one attached hydrogen (secondary N) is 1. The lowest BCUT2D eigenvalue weighted by Crippen LogP contribution is -2.83. The summed E-state index contributed by atoms with van der Waals surface area (Å²) >= 11 is 3.15. The van der Waals surface area contributed by atoms with E-state index in [9.17, 15) is 4.79 Å². The minimum atomic E-state index is -0.0759. The molecule has 4 aromatic rings. The fourth-order valence-electron chi connectivity index (χ4n) is 3.29. The fraction of sp³-hybridized carbons (Fsp3) is 0.200. The molecule has 3 aromatic heterocycles. The molecule has 1 atom stereocenters. The zero-order valence-electron chi connectivity index (χ0n) is 15.1. The third-order valence-corrected chi connectivity index (χ3v) is 6.60. The minimum absolute atomic E-state index is 0.0230. The molecule has 0 radical (unpaired) electrons. The third-order valence-electron chi connectivity index (χ3n) is 4.82. The van der Waals surface area contributed by atoms with Gasteiger partial charge in [-0.25, -0.2) is 4.98 Å². The molecule has 0 saturated carbocycles. The number of fused-ring (bicyclic) bond motifs is 2. The van der Waals surface area contributed by atoms with Crippen molar-refractivity contribution in [1.29, 1.82) is 0 Å². The second-order valence-corrected chi connectivity index (χ2v) is 8.48. The van der Waals surface area contributed by atoms with Crippen molar-refractivity contribution in [1.82, 2.24) is 9.97 Å². The van der Waals surface area contributed by atoms with E-state index in [1.54, 1.807) is 11.3 Å². The lowest BCUT2D eigenvalue weighted by atomic mass is 10.2. The Balaban J connectivity index is 1.38. The van der Waals surface area contributed by atoms with Gasteiger partial charge in [-0.1, -0.05) is 6.07 Å². The summed E-state index contributed by atoms with van der Waals surface area (Å²) in [6.45, 7) is 3.08. The van der Waals surface area contributed by atoms with E-state index in [2.05, 4.69) is 10.3 Å². The van der Waals surface area contributed by atoms with Gasteiger partial charge in [-0.2, -0.15) is 0 Å². The Morgan fingerprint density at radius 1 is 1.25 bits per heavy atom. The van der Waals surface area contributed by atoms with Gasteiger partial charge in [-0.3, -0.25) is 4.79 Å². The topological polar surface area (TPSA) is 80.8 Å². The average molecular weight is 413 g/mol. The predicted octanol–water partition coefficient (Wildman–Crippen LogP) is 3.27. The fourth-order valence-corrected chi connectivity index (χ4v) is 5.06. The maximum atomic E-state index is 12.8. The zero-order valence-corrected chi connectivity index (χ0v) is 16.7. The van der Waals surface area contributed by atoms with Gasteiger partial charge in [0.1, 0.15) is 17.4 Å². The summed E-state index contributed by atoms with van der Waals surface area (Å²) in [6.07, 6.45) is 0. The molecule has 4 heterocycles. The molecule has 1 aromatic carbocycles. The Labute approximate surface area is 168 Å². The SMILES string of the molecule is C[C@H]([NH2+]Cc1ccc2c(c1)OCO2)c1nc2scc(-c3cccs3)c2c(=O)[nH]1. The molecule has 6 nitrogen and oxygen atoms in total. The summed E-state index contributed by atoms with van der Waals surface area (Å²) in [5.41, 5.74) is 2.02. The van der Waals surface area contributed by atoms with Crippen LogP contribution in [0.25, 0.3) is 20.7 Å². The van der Waals surface area contributed by atoms with E-state index in [1.807, 2.05) is 48.0 Å². The predicted molar refractivity (Wildman–Crippen MR) is 110 cm³/mol. The number of quaternary nitrogens is 1. The van der Waals surface area contributed by atoms with E-state index < -0.39 is 0 Å². The maximum Gasteiger partial charge on any atom is 0.260 e. The average Bonchev–Trinajstić information content (AvgIpc) is 3.44. The summed E-state index contributed by atoms with van der Waals surface area (Å²) in [5, 5.41) is 6.86. The van der Waals surface area contributed by atoms with Crippen LogP contribution in [0.5, 0.6) is 11.5 Å². The smallest absolute Gasteiger partial charge is 0.260 e. The molecule has 3 N–H and O–H groups in total. The first kappa shape index (κ1) is 17.4. The first-order valence-corrected chi connectivity index (χ1v) is 10.7.